The van der Waals surface area contributed by atoms with Crippen LogP contribution in [0.2, 0.25) is 0 Å². The molecule has 0 aromatic heterocycles. The SMILES string of the molecule is CC(CNC(=O)CC1(N)CCCCC1)N(C)C. The average molecular weight is 241 g/mol. The summed E-state index contributed by atoms with van der Waals surface area (Å²) in [6, 6.07) is 0.360. The van der Waals surface area contributed by atoms with E-state index in [-0.39, 0.29) is 11.4 Å². The maximum Gasteiger partial charge on any atom is 0.221 e. The molecule has 0 heterocycles. The van der Waals surface area contributed by atoms with Crippen LogP contribution in [0.4, 0.5) is 0 Å². The molecule has 0 spiro atoms. The maximum absolute atomic E-state index is 11.8. The molecule has 0 aliphatic heterocycles. The number of hydrogen-bond donors (Lipinski definition) is 2. The van der Waals surface area contributed by atoms with Crippen LogP contribution in [0.25, 0.3) is 0 Å². The molecule has 1 aliphatic rings. The summed E-state index contributed by atoms with van der Waals surface area (Å²) in [5.41, 5.74) is 6.01. The fourth-order valence-electron chi connectivity index (χ4n) is 2.26. The second kappa shape index (κ2) is 6.36. The fraction of sp³-hybridized carbons (Fsp3) is 0.923. The van der Waals surface area contributed by atoms with Crippen LogP contribution in [0, 0.1) is 0 Å². The second-order valence-electron chi connectivity index (χ2n) is 5.72. The highest BCUT2D eigenvalue weighted by Gasteiger charge is 2.29. The zero-order valence-corrected chi connectivity index (χ0v) is 11.5. The van der Waals surface area contributed by atoms with Crippen molar-refractivity contribution in [2.24, 2.45) is 5.73 Å². The minimum Gasteiger partial charge on any atom is -0.354 e. The Labute approximate surface area is 105 Å². The second-order valence-corrected chi connectivity index (χ2v) is 5.72. The molecule has 100 valence electrons. The van der Waals surface area contributed by atoms with Crippen LogP contribution in [-0.2, 0) is 4.79 Å². The third-order valence-electron chi connectivity index (χ3n) is 3.84. The summed E-state index contributed by atoms with van der Waals surface area (Å²) >= 11 is 0. The molecule has 1 unspecified atom stereocenters. The summed E-state index contributed by atoms with van der Waals surface area (Å²) in [6.45, 7) is 2.79. The minimum atomic E-state index is -0.246. The molecule has 3 N–H and O–H groups in total. The molecule has 0 aromatic carbocycles. The van der Waals surface area contributed by atoms with E-state index in [1.807, 2.05) is 14.1 Å². The number of carbonyl (C=O) groups is 1. The van der Waals surface area contributed by atoms with Gasteiger partial charge in [-0.25, -0.2) is 0 Å². The zero-order chi connectivity index (χ0) is 12.9. The summed E-state index contributed by atoms with van der Waals surface area (Å²) in [7, 11) is 4.03. The van der Waals surface area contributed by atoms with Crippen molar-refractivity contribution in [1.82, 2.24) is 10.2 Å². The van der Waals surface area contributed by atoms with Gasteiger partial charge in [-0.3, -0.25) is 4.79 Å². The van der Waals surface area contributed by atoms with Gasteiger partial charge in [0.2, 0.25) is 5.91 Å². The Bertz CT molecular complexity index is 247. The van der Waals surface area contributed by atoms with Gasteiger partial charge >= 0.3 is 0 Å². The monoisotopic (exact) mass is 241 g/mol. The molecule has 1 rings (SSSR count). The molecule has 4 nitrogen and oxygen atoms in total. The lowest BCUT2D eigenvalue weighted by Gasteiger charge is -2.33. The van der Waals surface area contributed by atoms with E-state index >= 15 is 0 Å². The van der Waals surface area contributed by atoms with Gasteiger partial charge in [-0.2, -0.15) is 0 Å². The van der Waals surface area contributed by atoms with Gasteiger partial charge in [0.25, 0.3) is 0 Å². The van der Waals surface area contributed by atoms with Gasteiger partial charge in [0.05, 0.1) is 0 Å². The van der Waals surface area contributed by atoms with E-state index in [1.54, 1.807) is 0 Å². The molecular formula is C13H27N3O. The van der Waals surface area contributed by atoms with Crippen LogP contribution >= 0.6 is 0 Å². The van der Waals surface area contributed by atoms with Crippen LogP contribution in [-0.4, -0.2) is 43.0 Å². The standard InChI is InChI=1S/C13H27N3O/c1-11(16(2)3)10-15-12(17)9-13(14)7-5-4-6-8-13/h11H,4-10,14H2,1-3H3,(H,15,17). The Morgan fingerprint density at radius 1 is 1.35 bits per heavy atom. The van der Waals surface area contributed by atoms with E-state index in [4.69, 9.17) is 5.73 Å². The molecule has 17 heavy (non-hydrogen) atoms. The van der Waals surface area contributed by atoms with Gasteiger partial charge in [-0.05, 0) is 33.9 Å². The predicted molar refractivity (Wildman–Crippen MR) is 70.8 cm³/mol. The normalized spacial score (nSPS) is 21.2. The summed E-state index contributed by atoms with van der Waals surface area (Å²) in [5, 5.41) is 2.98. The van der Waals surface area contributed by atoms with Crippen LogP contribution in [0.15, 0.2) is 0 Å². The van der Waals surface area contributed by atoms with E-state index in [2.05, 4.69) is 17.1 Å². The molecule has 1 atom stereocenters. The quantitative estimate of drug-likeness (QED) is 0.758. The van der Waals surface area contributed by atoms with Crippen molar-refractivity contribution in [2.45, 2.75) is 57.0 Å². The van der Waals surface area contributed by atoms with Gasteiger partial charge < -0.3 is 16.0 Å². The molecule has 1 saturated carbocycles. The van der Waals surface area contributed by atoms with E-state index in [0.717, 1.165) is 25.7 Å². The number of carbonyl (C=O) groups excluding carboxylic acids is 1. The molecule has 1 aliphatic carbocycles. The lowest BCUT2D eigenvalue weighted by atomic mass is 9.80. The Kier molecular flexibility index (Phi) is 5.40. The van der Waals surface area contributed by atoms with Crippen LogP contribution in [0.5, 0.6) is 0 Å². The average Bonchev–Trinajstić information content (AvgIpc) is 2.26. The number of amides is 1. The highest BCUT2D eigenvalue weighted by molar-refractivity contribution is 5.77. The molecule has 0 saturated heterocycles. The number of nitrogens with one attached hydrogen (secondary N) is 1. The molecule has 4 heteroatoms. The summed E-state index contributed by atoms with van der Waals surface area (Å²) in [5.74, 6) is 0.100. The Balaban J connectivity index is 2.28. The fourth-order valence-corrected chi connectivity index (χ4v) is 2.26. The van der Waals surface area contributed by atoms with Gasteiger partial charge in [-0.1, -0.05) is 19.3 Å². The van der Waals surface area contributed by atoms with Crippen molar-refractivity contribution in [3.63, 3.8) is 0 Å². The molecule has 0 radical (unpaired) electrons. The first-order valence-corrected chi connectivity index (χ1v) is 6.65. The summed E-state index contributed by atoms with van der Waals surface area (Å²) in [6.07, 6.45) is 6.05. The van der Waals surface area contributed by atoms with E-state index in [1.165, 1.54) is 6.42 Å². The third kappa shape index (κ3) is 5.04. The van der Waals surface area contributed by atoms with E-state index in [0.29, 0.717) is 19.0 Å². The minimum absolute atomic E-state index is 0.100. The molecule has 0 aromatic rings. The Hall–Kier alpha value is -0.610. The number of rotatable bonds is 5. The van der Waals surface area contributed by atoms with Crippen molar-refractivity contribution < 1.29 is 4.79 Å². The summed E-state index contributed by atoms with van der Waals surface area (Å²) < 4.78 is 0. The largest absolute Gasteiger partial charge is 0.354 e. The lowest BCUT2D eigenvalue weighted by molar-refractivity contribution is -0.122. The van der Waals surface area contributed by atoms with Crippen LogP contribution < -0.4 is 11.1 Å². The Morgan fingerprint density at radius 2 is 1.94 bits per heavy atom. The van der Waals surface area contributed by atoms with Crippen LogP contribution in [0.3, 0.4) is 0 Å². The molecule has 1 fully saturated rings. The van der Waals surface area contributed by atoms with Crippen molar-refractivity contribution in [2.75, 3.05) is 20.6 Å². The first kappa shape index (κ1) is 14.5. The van der Waals surface area contributed by atoms with E-state index in [9.17, 15) is 4.79 Å². The molecular weight excluding hydrogens is 214 g/mol. The van der Waals surface area contributed by atoms with E-state index < -0.39 is 0 Å². The van der Waals surface area contributed by atoms with Crippen LogP contribution in [0.1, 0.15) is 45.4 Å². The Morgan fingerprint density at radius 3 is 2.47 bits per heavy atom. The first-order valence-electron chi connectivity index (χ1n) is 6.65. The zero-order valence-electron chi connectivity index (χ0n) is 11.5. The smallest absolute Gasteiger partial charge is 0.221 e. The number of likely N-dealkylation sites (N-methyl/N-ethyl adjacent to an activating group) is 1. The number of hydrogen-bond acceptors (Lipinski definition) is 3. The number of nitrogens with two attached hydrogens (primary N) is 1. The first-order chi connectivity index (χ1) is 7.93. The van der Waals surface area contributed by atoms with Gasteiger partial charge in [-0.15, -0.1) is 0 Å². The van der Waals surface area contributed by atoms with Gasteiger partial charge in [0, 0.05) is 24.5 Å². The number of nitrogens with zero attached hydrogens (tertiary/aromatic N) is 1. The topological polar surface area (TPSA) is 58.4 Å². The van der Waals surface area contributed by atoms with Crippen molar-refractivity contribution >= 4 is 5.91 Å². The molecule has 0 bridgehead atoms. The van der Waals surface area contributed by atoms with Crippen molar-refractivity contribution in [3.8, 4) is 0 Å². The van der Waals surface area contributed by atoms with Gasteiger partial charge in [0.1, 0.15) is 0 Å². The molecule has 1 amide bonds. The maximum atomic E-state index is 11.8. The summed E-state index contributed by atoms with van der Waals surface area (Å²) in [4.78, 5) is 13.9. The lowest BCUT2D eigenvalue weighted by Crippen LogP contribution is -2.47. The predicted octanol–water partition coefficient (Wildman–Crippen LogP) is 1.10. The van der Waals surface area contributed by atoms with Gasteiger partial charge in [0.15, 0.2) is 0 Å². The van der Waals surface area contributed by atoms with Crippen molar-refractivity contribution in [3.05, 3.63) is 0 Å². The highest BCUT2D eigenvalue weighted by atomic mass is 16.1. The van der Waals surface area contributed by atoms with Crippen molar-refractivity contribution in [1.29, 1.82) is 0 Å². The highest BCUT2D eigenvalue weighted by Crippen LogP contribution is 2.28. The third-order valence-corrected chi connectivity index (χ3v) is 3.84.